The van der Waals surface area contributed by atoms with Crippen LogP contribution in [0.2, 0.25) is 0 Å². The van der Waals surface area contributed by atoms with Crippen molar-refractivity contribution in [1.82, 2.24) is 9.97 Å². The number of aliphatic hydroxyl groups is 2. The van der Waals surface area contributed by atoms with Gasteiger partial charge in [-0.3, -0.25) is 0 Å². The highest BCUT2D eigenvalue weighted by Gasteiger charge is 2.50. The van der Waals surface area contributed by atoms with Gasteiger partial charge in [-0.1, -0.05) is 109 Å². The largest absolute Gasteiger partial charge is 0.376 e. The third kappa shape index (κ3) is 4.34. The van der Waals surface area contributed by atoms with E-state index in [-0.39, 0.29) is 0 Å². The van der Waals surface area contributed by atoms with Crippen molar-refractivity contribution in [3.05, 3.63) is 178 Å². The van der Waals surface area contributed by atoms with Crippen LogP contribution in [0.25, 0.3) is 41.6 Å². The van der Waals surface area contributed by atoms with Gasteiger partial charge in [-0.25, -0.2) is 9.97 Å². The van der Waals surface area contributed by atoms with Crippen molar-refractivity contribution in [1.29, 1.82) is 0 Å². The predicted molar refractivity (Wildman–Crippen MR) is 197 cm³/mol. The molecule has 232 valence electrons. The van der Waals surface area contributed by atoms with Crippen molar-refractivity contribution in [3.8, 4) is 21.1 Å². The summed E-state index contributed by atoms with van der Waals surface area (Å²) in [4.78, 5) is 9.74. The van der Waals surface area contributed by atoms with Crippen LogP contribution in [-0.2, 0) is 11.2 Å². The predicted octanol–water partition coefficient (Wildman–Crippen LogP) is 9.74. The van der Waals surface area contributed by atoms with Gasteiger partial charge in [-0.2, -0.15) is 0 Å². The van der Waals surface area contributed by atoms with Crippen molar-refractivity contribution < 1.29 is 10.2 Å². The van der Waals surface area contributed by atoms with Gasteiger partial charge < -0.3 is 10.2 Å². The minimum absolute atomic E-state index is 0.653. The van der Waals surface area contributed by atoms with Crippen LogP contribution in [0, 0.1) is 13.8 Å². The first-order valence-electron chi connectivity index (χ1n) is 15.9. The van der Waals surface area contributed by atoms with E-state index in [1.54, 1.807) is 22.7 Å². The van der Waals surface area contributed by atoms with Crippen molar-refractivity contribution in [2.45, 2.75) is 25.0 Å². The van der Waals surface area contributed by atoms with Gasteiger partial charge in [-0.15, -0.1) is 22.7 Å². The molecule has 1 aliphatic carbocycles. The lowest BCUT2D eigenvalue weighted by Gasteiger charge is -2.45. The second kappa shape index (κ2) is 10.8. The number of nitrogens with zero attached hydrogens (tertiary/aromatic N) is 2. The van der Waals surface area contributed by atoms with Crippen LogP contribution in [0.5, 0.6) is 0 Å². The van der Waals surface area contributed by atoms with E-state index in [4.69, 9.17) is 9.97 Å². The number of benzene rings is 6. The number of fused-ring (bicyclic) bond motifs is 4. The molecule has 0 radical (unpaired) electrons. The van der Waals surface area contributed by atoms with Crippen molar-refractivity contribution in [2.24, 2.45) is 0 Å². The standard InChI is InChI=1S/C42H30N2O2S2/c1-25-11-21-35-37(23-25)47-39(43-35)27-13-17-29(18-14-27)41(45)31-7-3-5-9-33(31)42(46,34-10-6-4-8-32(34)41)30-19-15-28(16-20-30)40-44-36-22-12-26(2)24-38(36)48-40/h3-24,45-46H,1-2H3. The molecule has 0 spiro atoms. The van der Waals surface area contributed by atoms with Crippen LogP contribution in [0.1, 0.15) is 44.5 Å². The third-order valence-corrected chi connectivity index (χ3v) is 11.7. The number of aromatic nitrogens is 2. The Bertz CT molecular complexity index is 2290. The molecule has 0 aliphatic heterocycles. The highest BCUT2D eigenvalue weighted by molar-refractivity contribution is 7.22. The van der Waals surface area contributed by atoms with E-state index in [9.17, 15) is 10.2 Å². The molecule has 2 aromatic heterocycles. The Morgan fingerprint density at radius 1 is 0.458 bits per heavy atom. The molecule has 2 heterocycles. The number of hydrogen-bond donors (Lipinski definition) is 2. The summed E-state index contributed by atoms with van der Waals surface area (Å²) < 4.78 is 2.32. The van der Waals surface area contributed by atoms with Crippen molar-refractivity contribution >= 4 is 43.1 Å². The lowest BCUT2D eigenvalue weighted by molar-refractivity contribution is 0.0748. The molecule has 0 amide bonds. The molecule has 0 saturated carbocycles. The fraction of sp³-hybridized carbons (Fsp3) is 0.0952. The summed E-state index contributed by atoms with van der Waals surface area (Å²) in [6.45, 7) is 4.18. The van der Waals surface area contributed by atoms with Gasteiger partial charge in [-0.05, 0) is 82.6 Å². The van der Waals surface area contributed by atoms with Gasteiger partial charge in [0.2, 0.25) is 0 Å². The molecule has 48 heavy (non-hydrogen) atoms. The lowest BCUT2D eigenvalue weighted by Crippen LogP contribution is -2.44. The smallest absolute Gasteiger partial charge is 0.141 e. The van der Waals surface area contributed by atoms with E-state index in [0.29, 0.717) is 22.3 Å². The summed E-state index contributed by atoms with van der Waals surface area (Å²) in [6, 6.07) is 44.1. The van der Waals surface area contributed by atoms with E-state index >= 15 is 0 Å². The fourth-order valence-electron chi connectivity index (χ4n) is 7.16. The van der Waals surface area contributed by atoms with Crippen LogP contribution in [0.3, 0.4) is 0 Å². The van der Waals surface area contributed by atoms with E-state index < -0.39 is 11.2 Å². The maximum absolute atomic E-state index is 12.9. The molecule has 6 heteroatoms. The summed E-state index contributed by atoms with van der Waals surface area (Å²) in [5, 5.41) is 27.6. The van der Waals surface area contributed by atoms with Crippen LogP contribution in [-0.4, -0.2) is 20.2 Å². The van der Waals surface area contributed by atoms with Gasteiger partial charge in [0, 0.05) is 11.1 Å². The Morgan fingerprint density at radius 2 is 0.812 bits per heavy atom. The number of hydrogen-bond acceptors (Lipinski definition) is 6. The normalized spacial score (nSPS) is 18.6. The Labute approximate surface area is 286 Å². The molecule has 0 unspecified atom stereocenters. The quantitative estimate of drug-likeness (QED) is 0.198. The van der Waals surface area contributed by atoms with Crippen LogP contribution < -0.4 is 0 Å². The topological polar surface area (TPSA) is 66.2 Å². The lowest BCUT2D eigenvalue weighted by atomic mass is 9.63. The molecule has 9 rings (SSSR count). The van der Waals surface area contributed by atoms with Crippen molar-refractivity contribution in [2.75, 3.05) is 0 Å². The fourth-order valence-corrected chi connectivity index (χ4v) is 9.30. The summed E-state index contributed by atoms with van der Waals surface area (Å²) in [7, 11) is 0. The first kappa shape index (κ1) is 29.2. The van der Waals surface area contributed by atoms with E-state index in [2.05, 4.69) is 50.2 Å². The number of aryl methyl sites for hydroxylation is 2. The summed E-state index contributed by atoms with van der Waals surface area (Å²) in [6.07, 6.45) is 0. The van der Waals surface area contributed by atoms with Crippen molar-refractivity contribution in [3.63, 3.8) is 0 Å². The van der Waals surface area contributed by atoms with Crippen LogP contribution in [0.15, 0.2) is 133 Å². The molecular formula is C42H30N2O2S2. The van der Waals surface area contributed by atoms with E-state index in [1.807, 2.05) is 97.1 Å². The summed E-state index contributed by atoms with van der Waals surface area (Å²) in [5.74, 6) is 0. The highest BCUT2D eigenvalue weighted by Crippen LogP contribution is 2.53. The van der Waals surface area contributed by atoms with Gasteiger partial charge in [0.05, 0.1) is 20.4 Å². The molecule has 2 N–H and O–H groups in total. The maximum atomic E-state index is 12.9. The summed E-state index contributed by atoms with van der Waals surface area (Å²) >= 11 is 3.34. The molecule has 8 aromatic rings. The SMILES string of the molecule is Cc1ccc2nc(-c3ccc(C4(O)c5ccccc5C(O)(c5ccc(-c6nc7ccc(C)cc7s6)cc5)c5ccccc54)cc3)sc2c1. The van der Waals surface area contributed by atoms with E-state index in [0.717, 1.165) is 52.7 Å². The molecule has 1 aliphatic rings. The molecule has 0 saturated heterocycles. The zero-order chi connectivity index (χ0) is 32.6. The second-order valence-electron chi connectivity index (χ2n) is 12.6. The molecule has 0 atom stereocenters. The molecule has 0 bridgehead atoms. The van der Waals surface area contributed by atoms with Crippen LogP contribution in [0.4, 0.5) is 0 Å². The average Bonchev–Trinajstić information content (AvgIpc) is 3.75. The Morgan fingerprint density at radius 3 is 1.17 bits per heavy atom. The minimum Gasteiger partial charge on any atom is -0.376 e. The van der Waals surface area contributed by atoms with Crippen LogP contribution >= 0.6 is 22.7 Å². The van der Waals surface area contributed by atoms with Gasteiger partial charge in [0.25, 0.3) is 0 Å². The Balaban J connectivity index is 1.14. The zero-order valence-electron chi connectivity index (χ0n) is 26.3. The first-order valence-corrected chi connectivity index (χ1v) is 17.6. The average molecular weight is 659 g/mol. The molecule has 0 fully saturated rings. The Hall–Kier alpha value is -4.98. The van der Waals surface area contributed by atoms with E-state index in [1.165, 1.54) is 11.1 Å². The number of rotatable bonds is 4. The monoisotopic (exact) mass is 658 g/mol. The molecular weight excluding hydrogens is 629 g/mol. The van der Waals surface area contributed by atoms with Gasteiger partial charge >= 0.3 is 0 Å². The molecule has 6 aromatic carbocycles. The van der Waals surface area contributed by atoms with Gasteiger partial charge in [0.1, 0.15) is 21.2 Å². The minimum atomic E-state index is -1.48. The second-order valence-corrected chi connectivity index (χ2v) is 14.7. The highest BCUT2D eigenvalue weighted by atomic mass is 32.1. The number of thiazole rings is 2. The molecule has 4 nitrogen and oxygen atoms in total. The van der Waals surface area contributed by atoms with Gasteiger partial charge in [0.15, 0.2) is 0 Å². The third-order valence-electron chi connectivity index (χ3n) is 9.60. The summed E-state index contributed by atoms with van der Waals surface area (Å²) in [5.41, 5.74) is 7.49. The first-order chi connectivity index (χ1) is 23.3. The zero-order valence-corrected chi connectivity index (χ0v) is 27.9. The Kier molecular flexibility index (Phi) is 6.55. The maximum Gasteiger partial charge on any atom is 0.141 e.